The number of aromatic nitrogens is 2. The van der Waals surface area contributed by atoms with Crippen LogP contribution in [0.2, 0.25) is 0 Å². The Bertz CT molecular complexity index is 931. The molecule has 1 N–H and O–H groups in total. The van der Waals surface area contributed by atoms with Gasteiger partial charge in [-0.05, 0) is 38.3 Å². The van der Waals surface area contributed by atoms with Crippen LogP contribution in [0.25, 0.3) is 5.69 Å². The van der Waals surface area contributed by atoms with Crippen molar-refractivity contribution in [3.8, 4) is 5.69 Å². The van der Waals surface area contributed by atoms with Crippen LogP contribution in [0.3, 0.4) is 0 Å². The zero-order chi connectivity index (χ0) is 21.5. The summed E-state index contributed by atoms with van der Waals surface area (Å²) in [6, 6.07) is 10.9. The van der Waals surface area contributed by atoms with Crippen molar-refractivity contribution in [3.05, 3.63) is 58.0 Å². The highest BCUT2D eigenvalue weighted by molar-refractivity contribution is 5.92. The Balaban J connectivity index is 1.65. The maximum atomic E-state index is 13.0. The van der Waals surface area contributed by atoms with Crippen LogP contribution in [-0.4, -0.2) is 46.1 Å². The summed E-state index contributed by atoms with van der Waals surface area (Å²) in [5, 5.41) is 7.36. The third-order valence-corrected chi connectivity index (χ3v) is 5.54. The van der Waals surface area contributed by atoms with Crippen LogP contribution in [-0.2, 0) is 4.79 Å². The molecule has 0 unspecified atom stereocenters. The number of hydrogen-bond donors (Lipinski definition) is 1. The molecule has 0 radical (unpaired) electrons. The lowest BCUT2D eigenvalue weighted by Crippen LogP contribution is -2.44. The predicted octanol–water partition coefficient (Wildman–Crippen LogP) is 2.70. The molecular weight excluding hydrogens is 380 g/mol. The van der Waals surface area contributed by atoms with Gasteiger partial charge in [0.25, 0.3) is 5.91 Å². The van der Waals surface area contributed by atoms with E-state index in [9.17, 15) is 14.4 Å². The van der Waals surface area contributed by atoms with E-state index in [1.54, 1.807) is 16.5 Å². The van der Waals surface area contributed by atoms with Gasteiger partial charge in [0.15, 0.2) is 5.69 Å². The maximum Gasteiger partial charge on any atom is 0.278 e. The van der Waals surface area contributed by atoms with Crippen LogP contribution in [0.4, 0.5) is 0 Å². The molecule has 1 saturated heterocycles. The highest BCUT2D eigenvalue weighted by Gasteiger charge is 2.29. The predicted molar refractivity (Wildman–Crippen MR) is 116 cm³/mol. The number of aryl methyl sites for hydroxylation is 1. The number of unbranched alkanes of at least 4 members (excludes halogenated alkanes) is 2. The Hall–Kier alpha value is -2.96. The summed E-state index contributed by atoms with van der Waals surface area (Å²) in [5.74, 6) is -0.382. The van der Waals surface area contributed by atoms with Crippen LogP contribution >= 0.6 is 0 Å². The molecule has 1 aliphatic heterocycles. The number of para-hydroxylation sites is 1. The molecule has 1 aromatic carbocycles. The number of amides is 2. The fourth-order valence-corrected chi connectivity index (χ4v) is 3.75. The fourth-order valence-electron chi connectivity index (χ4n) is 3.75. The number of benzene rings is 1. The quantitative estimate of drug-likeness (QED) is 0.712. The van der Waals surface area contributed by atoms with Crippen molar-refractivity contribution in [2.45, 2.75) is 46.0 Å². The number of likely N-dealkylation sites (tertiary alicyclic amines) is 1. The van der Waals surface area contributed by atoms with E-state index >= 15 is 0 Å². The molecule has 3 rings (SSSR count). The van der Waals surface area contributed by atoms with Crippen molar-refractivity contribution in [1.82, 2.24) is 20.0 Å². The topological polar surface area (TPSA) is 84.3 Å². The number of carbonyl (C=O) groups excluding carboxylic acids is 2. The third-order valence-electron chi connectivity index (χ3n) is 5.54. The molecule has 0 aliphatic carbocycles. The molecule has 30 heavy (non-hydrogen) atoms. The van der Waals surface area contributed by atoms with Crippen LogP contribution in [0.15, 0.2) is 41.2 Å². The van der Waals surface area contributed by atoms with Crippen LogP contribution in [0.5, 0.6) is 0 Å². The lowest BCUT2D eigenvalue weighted by atomic mass is 9.95. The Kier molecular flexibility index (Phi) is 7.38. The summed E-state index contributed by atoms with van der Waals surface area (Å²) in [5.41, 5.74) is 1.01. The van der Waals surface area contributed by atoms with Gasteiger partial charge in [-0.1, -0.05) is 38.0 Å². The Morgan fingerprint density at radius 3 is 2.50 bits per heavy atom. The number of nitrogens with zero attached hydrogens (tertiary/aromatic N) is 3. The maximum absolute atomic E-state index is 13.0. The van der Waals surface area contributed by atoms with Gasteiger partial charge in [0.2, 0.25) is 11.3 Å². The van der Waals surface area contributed by atoms with Crippen molar-refractivity contribution in [2.75, 3.05) is 19.6 Å². The lowest BCUT2D eigenvalue weighted by Gasteiger charge is -2.31. The van der Waals surface area contributed by atoms with Gasteiger partial charge in [0.05, 0.1) is 5.69 Å². The van der Waals surface area contributed by atoms with Crippen LogP contribution in [0, 0.1) is 12.8 Å². The lowest BCUT2D eigenvalue weighted by molar-refractivity contribution is -0.126. The first kappa shape index (κ1) is 21.7. The molecule has 1 aliphatic rings. The minimum Gasteiger partial charge on any atom is -0.356 e. The van der Waals surface area contributed by atoms with E-state index in [1.165, 1.54) is 6.07 Å². The van der Waals surface area contributed by atoms with E-state index in [0.29, 0.717) is 38.2 Å². The van der Waals surface area contributed by atoms with Gasteiger partial charge < -0.3 is 10.2 Å². The van der Waals surface area contributed by atoms with E-state index in [2.05, 4.69) is 17.3 Å². The van der Waals surface area contributed by atoms with E-state index in [0.717, 1.165) is 24.9 Å². The average molecular weight is 411 g/mol. The highest BCUT2D eigenvalue weighted by Crippen LogP contribution is 2.19. The largest absolute Gasteiger partial charge is 0.356 e. The molecule has 0 atom stereocenters. The first-order valence-electron chi connectivity index (χ1n) is 10.7. The first-order chi connectivity index (χ1) is 14.5. The van der Waals surface area contributed by atoms with Crippen molar-refractivity contribution < 1.29 is 9.59 Å². The SMILES string of the molecule is CCCCCNC(=O)C1CCN(C(=O)c2nn(-c3ccccc3)c(C)cc2=O)CC1. The minimum absolute atomic E-state index is 0.0677. The molecule has 2 aromatic rings. The van der Waals surface area contributed by atoms with E-state index in [-0.39, 0.29) is 28.9 Å². The minimum atomic E-state index is -0.375. The molecule has 1 aromatic heterocycles. The van der Waals surface area contributed by atoms with E-state index in [4.69, 9.17) is 0 Å². The second kappa shape index (κ2) is 10.2. The van der Waals surface area contributed by atoms with Gasteiger partial charge >= 0.3 is 0 Å². The Morgan fingerprint density at radius 2 is 1.83 bits per heavy atom. The number of carbonyl (C=O) groups is 2. The Morgan fingerprint density at radius 1 is 1.13 bits per heavy atom. The smallest absolute Gasteiger partial charge is 0.278 e. The van der Waals surface area contributed by atoms with Crippen LogP contribution < -0.4 is 10.7 Å². The van der Waals surface area contributed by atoms with Crippen molar-refractivity contribution in [1.29, 1.82) is 0 Å². The number of nitrogens with one attached hydrogen (secondary N) is 1. The van der Waals surface area contributed by atoms with Gasteiger partial charge in [-0.25, -0.2) is 4.68 Å². The summed E-state index contributed by atoms with van der Waals surface area (Å²) in [7, 11) is 0. The molecule has 2 heterocycles. The second-order valence-corrected chi connectivity index (χ2v) is 7.81. The number of rotatable bonds is 7. The fraction of sp³-hybridized carbons (Fsp3) is 0.478. The summed E-state index contributed by atoms with van der Waals surface area (Å²) < 4.78 is 1.62. The molecule has 1 fully saturated rings. The zero-order valence-electron chi connectivity index (χ0n) is 17.8. The standard InChI is InChI=1S/C23H30N4O3/c1-3-4-8-13-24-22(29)18-11-14-26(15-12-18)23(30)21-20(28)16-17(2)27(25-21)19-9-6-5-7-10-19/h5-7,9-10,16,18H,3-4,8,11-15H2,1-2H3,(H,24,29). The van der Waals surface area contributed by atoms with Crippen molar-refractivity contribution in [2.24, 2.45) is 5.92 Å². The van der Waals surface area contributed by atoms with Gasteiger partial charge in [-0.15, -0.1) is 0 Å². The second-order valence-electron chi connectivity index (χ2n) is 7.81. The van der Waals surface area contributed by atoms with E-state index < -0.39 is 0 Å². The summed E-state index contributed by atoms with van der Waals surface area (Å²) >= 11 is 0. The highest BCUT2D eigenvalue weighted by atomic mass is 16.2. The van der Waals surface area contributed by atoms with Crippen molar-refractivity contribution >= 4 is 11.8 Å². The van der Waals surface area contributed by atoms with Gasteiger partial charge in [-0.2, -0.15) is 5.10 Å². The van der Waals surface area contributed by atoms with E-state index in [1.807, 2.05) is 30.3 Å². The number of piperidine rings is 1. The molecule has 2 amide bonds. The molecule has 160 valence electrons. The number of hydrogen-bond acceptors (Lipinski definition) is 4. The molecule has 7 heteroatoms. The normalized spacial score (nSPS) is 14.5. The van der Waals surface area contributed by atoms with Crippen LogP contribution in [0.1, 0.15) is 55.2 Å². The zero-order valence-corrected chi connectivity index (χ0v) is 17.8. The van der Waals surface area contributed by atoms with Gasteiger partial charge in [0.1, 0.15) is 0 Å². The first-order valence-corrected chi connectivity index (χ1v) is 10.7. The molecular formula is C23H30N4O3. The molecule has 0 saturated carbocycles. The summed E-state index contributed by atoms with van der Waals surface area (Å²) in [4.78, 5) is 39.4. The molecule has 0 spiro atoms. The average Bonchev–Trinajstić information content (AvgIpc) is 2.77. The van der Waals surface area contributed by atoms with Gasteiger partial charge in [-0.3, -0.25) is 14.4 Å². The summed E-state index contributed by atoms with van der Waals surface area (Å²) in [6.45, 7) is 5.53. The third kappa shape index (κ3) is 5.14. The monoisotopic (exact) mass is 410 g/mol. The summed E-state index contributed by atoms with van der Waals surface area (Å²) in [6.07, 6.45) is 4.42. The Labute approximate surface area is 177 Å². The van der Waals surface area contributed by atoms with Gasteiger partial charge in [0, 0.05) is 37.3 Å². The molecule has 0 bridgehead atoms. The molecule has 7 nitrogen and oxygen atoms in total. The van der Waals surface area contributed by atoms with Crippen molar-refractivity contribution in [3.63, 3.8) is 0 Å².